The van der Waals surface area contributed by atoms with Crippen molar-refractivity contribution in [2.45, 2.75) is 38.7 Å². The van der Waals surface area contributed by atoms with Gasteiger partial charge >= 0.3 is 0 Å². The van der Waals surface area contributed by atoms with Gasteiger partial charge in [-0.1, -0.05) is 6.42 Å². The Morgan fingerprint density at radius 2 is 1.71 bits per heavy atom. The van der Waals surface area contributed by atoms with E-state index in [0.29, 0.717) is 32.3 Å². The zero-order chi connectivity index (χ0) is 12.3. The molecule has 0 spiro atoms. The number of aliphatic hydroxyl groups is 1. The molecule has 1 saturated carbocycles. The Balaban J connectivity index is 1.83. The van der Waals surface area contributed by atoms with Gasteiger partial charge in [0, 0.05) is 13.2 Å². The van der Waals surface area contributed by atoms with Crippen molar-refractivity contribution in [3.63, 3.8) is 0 Å². The average molecular weight is 246 g/mol. The predicted molar refractivity (Wildman–Crippen MR) is 66.1 cm³/mol. The van der Waals surface area contributed by atoms with Gasteiger partial charge in [-0.15, -0.1) is 0 Å². The van der Waals surface area contributed by atoms with E-state index in [9.17, 15) is 5.11 Å². The summed E-state index contributed by atoms with van der Waals surface area (Å²) in [6.45, 7) is 6.03. The number of hydrogen-bond donors (Lipinski definition) is 1. The van der Waals surface area contributed by atoms with Gasteiger partial charge in [-0.05, 0) is 32.1 Å². The van der Waals surface area contributed by atoms with Crippen molar-refractivity contribution in [3.8, 4) is 0 Å². The average Bonchev–Trinajstić information content (AvgIpc) is 2.33. The highest BCUT2D eigenvalue weighted by Gasteiger charge is 2.19. The fourth-order valence-electron chi connectivity index (χ4n) is 2.15. The lowest BCUT2D eigenvalue weighted by Crippen LogP contribution is -2.23. The summed E-state index contributed by atoms with van der Waals surface area (Å²) in [7, 11) is 0. The fourth-order valence-corrected chi connectivity index (χ4v) is 2.15. The minimum atomic E-state index is -0.111. The maximum atomic E-state index is 9.51. The molecule has 1 N–H and O–H groups in total. The van der Waals surface area contributed by atoms with Crippen LogP contribution in [0.3, 0.4) is 0 Å². The summed E-state index contributed by atoms with van der Waals surface area (Å²) in [5.74, 6) is 0.530. The standard InChI is InChI=1S/C13H26O4/c1-2-15-6-7-16-8-9-17-11-12-4-3-5-13(14)10-12/h12-14H,2-11H2,1H3/t12?,13-/m1/s1. The molecule has 0 bridgehead atoms. The van der Waals surface area contributed by atoms with E-state index in [1.54, 1.807) is 0 Å². The Kier molecular flexibility index (Phi) is 8.61. The maximum Gasteiger partial charge on any atom is 0.0701 e. The molecule has 17 heavy (non-hydrogen) atoms. The van der Waals surface area contributed by atoms with Crippen LogP contribution in [-0.2, 0) is 14.2 Å². The molecule has 1 aliphatic rings. The van der Waals surface area contributed by atoms with E-state index >= 15 is 0 Å². The van der Waals surface area contributed by atoms with Crippen LogP contribution in [0.5, 0.6) is 0 Å². The lowest BCUT2D eigenvalue weighted by atomic mass is 9.88. The van der Waals surface area contributed by atoms with Crippen LogP contribution in [0.15, 0.2) is 0 Å². The Morgan fingerprint density at radius 1 is 1.00 bits per heavy atom. The smallest absolute Gasteiger partial charge is 0.0701 e. The van der Waals surface area contributed by atoms with Crippen LogP contribution in [0, 0.1) is 5.92 Å². The lowest BCUT2D eigenvalue weighted by Gasteiger charge is -2.25. The van der Waals surface area contributed by atoms with Gasteiger partial charge in [-0.2, -0.15) is 0 Å². The highest BCUT2D eigenvalue weighted by molar-refractivity contribution is 4.71. The highest BCUT2D eigenvalue weighted by Crippen LogP contribution is 2.24. The predicted octanol–water partition coefficient (Wildman–Crippen LogP) is 1.61. The molecule has 1 rings (SSSR count). The maximum absolute atomic E-state index is 9.51. The van der Waals surface area contributed by atoms with Crippen molar-refractivity contribution in [3.05, 3.63) is 0 Å². The van der Waals surface area contributed by atoms with Crippen LogP contribution in [0.4, 0.5) is 0 Å². The van der Waals surface area contributed by atoms with E-state index in [0.717, 1.165) is 32.5 Å². The Hall–Kier alpha value is -0.160. The summed E-state index contributed by atoms with van der Waals surface area (Å²) in [6, 6.07) is 0. The Morgan fingerprint density at radius 3 is 2.41 bits per heavy atom. The largest absolute Gasteiger partial charge is 0.393 e. The van der Waals surface area contributed by atoms with Gasteiger partial charge < -0.3 is 19.3 Å². The van der Waals surface area contributed by atoms with Crippen LogP contribution in [0.1, 0.15) is 32.6 Å². The van der Waals surface area contributed by atoms with E-state index in [2.05, 4.69) is 0 Å². The van der Waals surface area contributed by atoms with Crippen LogP contribution < -0.4 is 0 Å². The van der Waals surface area contributed by atoms with E-state index < -0.39 is 0 Å². The summed E-state index contributed by atoms with van der Waals surface area (Å²) < 4.78 is 16.1. The molecular formula is C13H26O4. The Bertz CT molecular complexity index is 175. The minimum Gasteiger partial charge on any atom is -0.393 e. The van der Waals surface area contributed by atoms with E-state index in [1.165, 1.54) is 6.42 Å². The molecule has 0 aliphatic heterocycles. The Labute approximate surface area is 104 Å². The molecule has 1 fully saturated rings. The summed E-state index contributed by atoms with van der Waals surface area (Å²) in [5.41, 5.74) is 0. The first-order valence-corrected chi connectivity index (χ1v) is 6.74. The molecule has 0 radical (unpaired) electrons. The van der Waals surface area contributed by atoms with Crippen molar-refractivity contribution < 1.29 is 19.3 Å². The van der Waals surface area contributed by atoms with Gasteiger partial charge in [0.05, 0.1) is 32.5 Å². The third-order valence-electron chi connectivity index (χ3n) is 3.06. The molecule has 0 aromatic rings. The number of ether oxygens (including phenoxy) is 3. The molecule has 1 unspecified atom stereocenters. The summed E-state index contributed by atoms with van der Waals surface area (Å²) in [4.78, 5) is 0. The third kappa shape index (κ3) is 7.71. The van der Waals surface area contributed by atoms with Gasteiger partial charge in [0.25, 0.3) is 0 Å². The van der Waals surface area contributed by atoms with Crippen LogP contribution in [0.2, 0.25) is 0 Å². The van der Waals surface area contributed by atoms with Crippen molar-refractivity contribution in [2.75, 3.05) is 39.6 Å². The topological polar surface area (TPSA) is 47.9 Å². The van der Waals surface area contributed by atoms with Gasteiger partial charge in [0.1, 0.15) is 0 Å². The molecular weight excluding hydrogens is 220 g/mol. The second-order valence-electron chi connectivity index (χ2n) is 4.57. The molecule has 2 atom stereocenters. The van der Waals surface area contributed by atoms with Gasteiger partial charge in [0.15, 0.2) is 0 Å². The monoisotopic (exact) mass is 246 g/mol. The van der Waals surface area contributed by atoms with E-state index in [1.807, 2.05) is 6.92 Å². The molecule has 0 aromatic carbocycles. The lowest BCUT2D eigenvalue weighted by molar-refractivity contribution is -0.00272. The fraction of sp³-hybridized carbons (Fsp3) is 1.00. The minimum absolute atomic E-state index is 0.111. The first kappa shape index (κ1) is 14.9. The summed E-state index contributed by atoms with van der Waals surface area (Å²) in [6.07, 6.45) is 4.05. The van der Waals surface area contributed by atoms with Gasteiger partial charge in [-0.3, -0.25) is 0 Å². The van der Waals surface area contributed by atoms with Crippen molar-refractivity contribution in [1.82, 2.24) is 0 Å². The quantitative estimate of drug-likeness (QED) is 0.628. The second-order valence-corrected chi connectivity index (χ2v) is 4.57. The van der Waals surface area contributed by atoms with Crippen molar-refractivity contribution >= 4 is 0 Å². The van der Waals surface area contributed by atoms with Crippen molar-refractivity contribution in [2.24, 2.45) is 5.92 Å². The van der Waals surface area contributed by atoms with Crippen LogP contribution >= 0.6 is 0 Å². The molecule has 102 valence electrons. The molecule has 1 aliphatic carbocycles. The van der Waals surface area contributed by atoms with Crippen LogP contribution in [0.25, 0.3) is 0 Å². The molecule has 4 nitrogen and oxygen atoms in total. The van der Waals surface area contributed by atoms with E-state index in [-0.39, 0.29) is 6.10 Å². The number of aliphatic hydroxyl groups excluding tert-OH is 1. The first-order chi connectivity index (χ1) is 8.33. The summed E-state index contributed by atoms with van der Waals surface area (Å²) in [5, 5.41) is 9.51. The number of rotatable bonds is 9. The van der Waals surface area contributed by atoms with Crippen molar-refractivity contribution in [1.29, 1.82) is 0 Å². The molecule has 0 heterocycles. The second kappa shape index (κ2) is 9.83. The zero-order valence-corrected chi connectivity index (χ0v) is 10.9. The molecule has 4 heteroatoms. The molecule has 0 saturated heterocycles. The van der Waals surface area contributed by atoms with Gasteiger partial charge in [0.2, 0.25) is 0 Å². The molecule has 0 amide bonds. The number of hydrogen-bond acceptors (Lipinski definition) is 4. The first-order valence-electron chi connectivity index (χ1n) is 6.74. The molecule has 0 aromatic heterocycles. The zero-order valence-electron chi connectivity index (χ0n) is 10.9. The highest BCUT2D eigenvalue weighted by atomic mass is 16.5. The normalized spacial score (nSPS) is 25.1. The SMILES string of the molecule is CCOCCOCCOCC1CCC[C@@H](O)C1. The summed E-state index contributed by atoms with van der Waals surface area (Å²) >= 11 is 0. The third-order valence-corrected chi connectivity index (χ3v) is 3.06. The van der Waals surface area contributed by atoms with Gasteiger partial charge in [-0.25, -0.2) is 0 Å². The van der Waals surface area contributed by atoms with E-state index in [4.69, 9.17) is 14.2 Å². The van der Waals surface area contributed by atoms with Crippen LogP contribution in [-0.4, -0.2) is 50.9 Å².